The van der Waals surface area contributed by atoms with Crippen LogP contribution < -0.4 is 10.1 Å². The van der Waals surface area contributed by atoms with Crippen molar-refractivity contribution in [1.29, 1.82) is 0 Å². The number of ether oxygens (including phenoxy) is 1. The number of carbonyl (C=O) groups excluding carboxylic acids is 1. The van der Waals surface area contributed by atoms with Crippen LogP contribution in [0.15, 0.2) is 65.7 Å². The van der Waals surface area contributed by atoms with E-state index in [2.05, 4.69) is 10.3 Å². The number of pyridine rings is 1. The highest BCUT2D eigenvalue weighted by molar-refractivity contribution is 7.89. The number of benzene rings is 2. The Balaban J connectivity index is 1.55. The SMILES string of the molecule is COc1cccc(NC(=O)[C@H]2CCCN(S(=O)(=O)c3cccc4cccnc34)C2)c1. The molecule has 8 heteroatoms. The van der Waals surface area contributed by atoms with Crippen LogP contribution >= 0.6 is 0 Å². The molecule has 1 aromatic heterocycles. The molecule has 0 aliphatic carbocycles. The molecule has 2 heterocycles. The molecule has 2 aromatic carbocycles. The van der Waals surface area contributed by atoms with Gasteiger partial charge in [-0.2, -0.15) is 4.31 Å². The number of piperidine rings is 1. The minimum atomic E-state index is -3.77. The lowest BCUT2D eigenvalue weighted by molar-refractivity contribution is -0.120. The minimum absolute atomic E-state index is 0.140. The van der Waals surface area contributed by atoms with E-state index in [-0.39, 0.29) is 17.3 Å². The Hall–Kier alpha value is -2.97. The molecule has 0 spiro atoms. The molecule has 1 aliphatic rings. The van der Waals surface area contributed by atoms with Gasteiger partial charge in [0.2, 0.25) is 15.9 Å². The Bertz CT molecular complexity index is 1170. The molecule has 7 nitrogen and oxygen atoms in total. The van der Waals surface area contributed by atoms with Crippen molar-refractivity contribution in [1.82, 2.24) is 9.29 Å². The van der Waals surface area contributed by atoms with E-state index >= 15 is 0 Å². The quantitative estimate of drug-likeness (QED) is 0.678. The van der Waals surface area contributed by atoms with E-state index in [4.69, 9.17) is 4.74 Å². The van der Waals surface area contributed by atoms with Crippen LogP contribution in [0.4, 0.5) is 5.69 Å². The number of para-hydroxylation sites is 1. The van der Waals surface area contributed by atoms with Crippen LogP contribution in [-0.2, 0) is 14.8 Å². The average molecular weight is 426 g/mol. The van der Waals surface area contributed by atoms with Gasteiger partial charge in [-0.15, -0.1) is 0 Å². The maximum atomic E-state index is 13.3. The van der Waals surface area contributed by atoms with Gasteiger partial charge < -0.3 is 10.1 Å². The van der Waals surface area contributed by atoms with Gasteiger partial charge in [-0.05, 0) is 37.1 Å². The molecule has 1 fully saturated rings. The lowest BCUT2D eigenvalue weighted by Gasteiger charge is -2.31. The first kappa shape index (κ1) is 20.3. The molecule has 1 aliphatic heterocycles. The standard InChI is InChI=1S/C22H23N3O4S/c1-29-19-10-3-9-18(14-19)24-22(26)17-8-5-13-25(15-17)30(27,28)20-11-2-6-16-7-4-12-23-21(16)20/h2-4,6-7,9-12,14,17H,5,8,13,15H2,1H3,(H,24,26)/t17-/m0/s1. The number of hydrogen-bond acceptors (Lipinski definition) is 5. The Labute approximate surface area is 175 Å². The predicted molar refractivity (Wildman–Crippen MR) is 115 cm³/mol. The largest absolute Gasteiger partial charge is 0.497 e. The van der Waals surface area contributed by atoms with Crippen molar-refractivity contribution in [2.45, 2.75) is 17.7 Å². The number of anilines is 1. The second-order valence-electron chi connectivity index (χ2n) is 7.25. The van der Waals surface area contributed by atoms with E-state index in [1.807, 2.05) is 12.1 Å². The highest BCUT2D eigenvalue weighted by Gasteiger charge is 2.34. The maximum Gasteiger partial charge on any atom is 0.245 e. The highest BCUT2D eigenvalue weighted by Crippen LogP contribution is 2.28. The summed E-state index contributed by atoms with van der Waals surface area (Å²) < 4.78 is 33.3. The van der Waals surface area contributed by atoms with Crippen molar-refractivity contribution >= 4 is 32.5 Å². The van der Waals surface area contributed by atoms with Crippen LogP contribution in [0.1, 0.15) is 12.8 Å². The summed E-state index contributed by atoms with van der Waals surface area (Å²) in [7, 11) is -2.21. The van der Waals surface area contributed by atoms with Crippen molar-refractivity contribution in [3.05, 3.63) is 60.8 Å². The van der Waals surface area contributed by atoms with E-state index in [0.29, 0.717) is 36.3 Å². The highest BCUT2D eigenvalue weighted by atomic mass is 32.2. The van der Waals surface area contributed by atoms with E-state index in [1.165, 1.54) is 4.31 Å². The van der Waals surface area contributed by atoms with Crippen molar-refractivity contribution in [2.24, 2.45) is 5.92 Å². The van der Waals surface area contributed by atoms with Crippen LogP contribution in [-0.4, -0.2) is 43.8 Å². The number of nitrogens with one attached hydrogen (secondary N) is 1. The summed E-state index contributed by atoms with van der Waals surface area (Å²) in [6.07, 6.45) is 2.84. The fourth-order valence-electron chi connectivity index (χ4n) is 3.74. The van der Waals surface area contributed by atoms with E-state index < -0.39 is 15.9 Å². The fraction of sp³-hybridized carbons (Fsp3) is 0.273. The normalized spacial score (nSPS) is 17.6. The Morgan fingerprint density at radius 2 is 1.97 bits per heavy atom. The van der Waals surface area contributed by atoms with Gasteiger partial charge in [0, 0.05) is 36.4 Å². The molecule has 4 rings (SSSR count). The topological polar surface area (TPSA) is 88.6 Å². The molecule has 0 unspecified atom stereocenters. The molecular formula is C22H23N3O4S. The van der Waals surface area contributed by atoms with Gasteiger partial charge in [-0.3, -0.25) is 9.78 Å². The molecule has 1 amide bonds. The average Bonchev–Trinajstić information content (AvgIpc) is 2.79. The number of methoxy groups -OCH3 is 1. The first-order valence-electron chi connectivity index (χ1n) is 9.78. The van der Waals surface area contributed by atoms with Crippen LogP contribution in [0.25, 0.3) is 10.9 Å². The number of amides is 1. The molecule has 0 saturated carbocycles. The minimum Gasteiger partial charge on any atom is -0.497 e. The van der Waals surface area contributed by atoms with E-state index in [0.717, 1.165) is 5.39 Å². The summed E-state index contributed by atoms with van der Waals surface area (Å²) in [5, 5.41) is 3.64. The van der Waals surface area contributed by atoms with E-state index in [9.17, 15) is 13.2 Å². The maximum absolute atomic E-state index is 13.3. The number of aromatic nitrogens is 1. The number of hydrogen-bond donors (Lipinski definition) is 1. The van der Waals surface area contributed by atoms with Crippen LogP contribution in [0.3, 0.4) is 0 Å². The molecule has 30 heavy (non-hydrogen) atoms. The third-order valence-corrected chi connectivity index (χ3v) is 7.20. The number of rotatable bonds is 5. The predicted octanol–water partition coefficient (Wildman–Crippen LogP) is 3.28. The van der Waals surface area contributed by atoms with Gasteiger partial charge >= 0.3 is 0 Å². The lowest BCUT2D eigenvalue weighted by atomic mass is 9.98. The number of fused-ring (bicyclic) bond motifs is 1. The van der Waals surface area contributed by atoms with Crippen molar-refractivity contribution < 1.29 is 17.9 Å². The molecule has 1 N–H and O–H groups in total. The summed E-state index contributed by atoms with van der Waals surface area (Å²) in [6, 6.07) is 15.8. The van der Waals surface area contributed by atoms with Crippen LogP contribution in [0.5, 0.6) is 5.75 Å². The van der Waals surface area contributed by atoms with Gasteiger partial charge in [0.05, 0.1) is 18.5 Å². The summed E-state index contributed by atoms with van der Waals surface area (Å²) in [4.78, 5) is 17.2. The third-order valence-electron chi connectivity index (χ3n) is 5.31. The lowest BCUT2D eigenvalue weighted by Crippen LogP contribution is -2.43. The first-order chi connectivity index (χ1) is 14.5. The zero-order valence-electron chi connectivity index (χ0n) is 16.6. The van der Waals surface area contributed by atoms with Gasteiger partial charge in [0.1, 0.15) is 10.6 Å². The molecule has 3 aromatic rings. The Morgan fingerprint density at radius 1 is 1.17 bits per heavy atom. The molecule has 1 saturated heterocycles. The van der Waals surface area contributed by atoms with E-state index in [1.54, 1.807) is 55.8 Å². The van der Waals surface area contributed by atoms with Crippen LogP contribution in [0, 0.1) is 5.92 Å². The van der Waals surface area contributed by atoms with Crippen LogP contribution in [0.2, 0.25) is 0 Å². The molecule has 0 radical (unpaired) electrons. The smallest absolute Gasteiger partial charge is 0.245 e. The summed E-state index contributed by atoms with van der Waals surface area (Å²) >= 11 is 0. The number of nitrogens with zero attached hydrogens (tertiary/aromatic N) is 2. The van der Waals surface area contributed by atoms with Gasteiger partial charge in [0.15, 0.2) is 0 Å². The number of sulfonamides is 1. The Kier molecular flexibility index (Phi) is 5.69. The first-order valence-corrected chi connectivity index (χ1v) is 11.2. The monoisotopic (exact) mass is 425 g/mol. The summed E-state index contributed by atoms with van der Waals surface area (Å²) in [6.45, 7) is 0.524. The van der Waals surface area contributed by atoms with Crippen molar-refractivity contribution in [3.8, 4) is 5.75 Å². The zero-order valence-corrected chi connectivity index (χ0v) is 17.4. The van der Waals surface area contributed by atoms with Gasteiger partial charge in [0.25, 0.3) is 0 Å². The van der Waals surface area contributed by atoms with Gasteiger partial charge in [-0.1, -0.05) is 24.3 Å². The summed E-state index contributed by atoms with van der Waals surface area (Å²) in [5.41, 5.74) is 1.07. The van der Waals surface area contributed by atoms with Crippen molar-refractivity contribution in [2.75, 3.05) is 25.5 Å². The van der Waals surface area contributed by atoms with Crippen molar-refractivity contribution in [3.63, 3.8) is 0 Å². The molecule has 1 atom stereocenters. The second-order valence-corrected chi connectivity index (χ2v) is 9.16. The third kappa shape index (κ3) is 4.01. The molecule has 0 bridgehead atoms. The second kappa shape index (κ2) is 8.41. The number of carbonyl (C=O) groups is 1. The van der Waals surface area contributed by atoms with Gasteiger partial charge in [-0.25, -0.2) is 8.42 Å². The molecule has 156 valence electrons. The summed E-state index contributed by atoms with van der Waals surface area (Å²) in [5.74, 6) is 0.0194. The zero-order chi connectivity index (χ0) is 21.1. The molecular weight excluding hydrogens is 402 g/mol. The Morgan fingerprint density at radius 3 is 2.80 bits per heavy atom. The fourth-order valence-corrected chi connectivity index (χ4v) is 5.43.